The summed E-state index contributed by atoms with van der Waals surface area (Å²) < 4.78 is 9.80. The minimum absolute atomic E-state index is 0.122. The third-order valence-electron chi connectivity index (χ3n) is 5.23. The number of carbonyl (C=O) groups is 3. The van der Waals surface area contributed by atoms with Crippen LogP contribution < -0.4 is 10.1 Å². The molecule has 1 aliphatic heterocycles. The summed E-state index contributed by atoms with van der Waals surface area (Å²) in [5.74, 6) is -0.688. The zero-order chi connectivity index (χ0) is 24.0. The molecule has 1 unspecified atom stereocenters. The normalized spacial score (nSPS) is 15.5. The van der Waals surface area contributed by atoms with Gasteiger partial charge in [0.05, 0.1) is 20.6 Å². The van der Waals surface area contributed by atoms with Crippen molar-refractivity contribution in [3.05, 3.63) is 59.1 Å². The summed E-state index contributed by atoms with van der Waals surface area (Å²) in [5.41, 5.74) is 1.58. The highest BCUT2D eigenvalue weighted by Crippen LogP contribution is 2.23. The van der Waals surface area contributed by atoms with Gasteiger partial charge in [-0.25, -0.2) is 0 Å². The van der Waals surface area contributed by atoms with Gasteiger partial charge in [0.2, 0.25) is 5.91 Å². The number of anilines is 1. The lowest BCUT2D eigenvalue weighted by atomic mass is 10.1. The van der Waals surface area contributed by atoms with E-state index in [4.69, 9.17) is 28.6 Å². The molecule has 1 saturated heterocycles. The topological polar surface area (TPSA) is 88.2 Å². The molecule has 0 radical (unpaired) electrons. The summed E-state index contributed by atoms with van der Waals surface area (Å²) in [6.45, 7) is 0.0899. The van der Waals surface area contributed by atoms with E-state index in [0.29, 0.717) is 29.4 Å². The minimum atomic E-state index is -0.826. The molecule has 1 fully saturated rings. The van der Waals surface area contributed by atoms with E-state index in [1.807, 2.05) is 12.1 Å². The molecule has 0 saturated carbocycles. The van der Waals surface area contributed by atoms with Gasteiger partial charge >= 0.3 is 5.97 Å². The largest absolute Gasteiger partial charge is 0.497 e. The van der Waals surface area contributed by atoms with Gasteiger partial charge in [-0.2, -0.15) is 0 Å². The lowest BCUT2D eigenvalue weighted by molar-refractivity contribution is -0.144. The fourth-order valence-corrected chi connectivity index (χ4v) is 3.95. The molecule has 8 nitrogen and oxygen atoms in total. The van der Waals surface area contributed by atoms with Crippen LogP contribution in [0.2, 0.25) is 5.02 Å². The maximum Gasteiger partial charge on any atom is 0.325 e. The van der Waals surface area contributed by atoms with Gasteiger partial charge < -0.3 is 19.7 Å². The summed E-state index contributed by atoms with van der Waals surface area (Å²) in [5, 5.41) is 3.61. The maximum atomic E-state index is 13.1. The second-order valence-electron chi connectivity index (χ2n) is 7.35. The van der Waals surface area contributed by atoms with Crippen LogP contribution in [0, 0.1) is 0 Å². The molecule has 1 heterocycles. The second kappa shape index (κ2) is 11.1. The van der Waals surface area contributed by atoms with Gasteiger partial charge in [0.25, 0.3) is 5.91 Å². The number of methoxy groups -OCH3 is 2. The second-order valence-corrected chi connectivity index (χ2v) is 8.15. The standard InChI is InChI=1S/C23H24ClN3O5S/c1-31-18-9-7-17(8-10-18)25-20(28)13-19-22(30)27(14-21(29)32-2)23(33)26(19)12-11-15-3-5-16(24)6-4-15/h3-10,19H,11-14H2,1-2H3,(H,25,28). The lowest BCUT2D eigenvalue weighted by Crippen LogP contribution is -2.39. The van der Waals surface area contributed by atoms with Gasteiger partial charge in [-0.15, -0.1) is 0 Å². The third-order valence-corrected chi connectivity index (χ3v) is 5.93. The Kier molecular flexibility index (Phi) is 8.24. The van der Waals surface area contributed by atoms with Crippen LogP contribution in [0.25, 0.3) is 0 Å². The molecule has 1 aliphatic rings. The molecule has 1 atom stereocenters. The summed E-state index contributed by atoms with van der Waals surface area (Å²) in [4.78, 5) is 40.5. The van der Waals surface area contributed by atoms with Crippen LogP contribution >= 0.6 is 23.8 Å². The fraction of sp³-hybridized carbons (Fsp3) is 0.304. The Hall–Kier alpha value is -3.17. The number of carbonyl (C=O) groups excluding carboxylic acids is 3. The molecular weight excluding hydrogens is 466 g/mol. The molecule has 1 N–H and O–H groups in total. The number of esters is 1. The SMILES string of the molecule is COC(=O)CN1C(=O)C(CC(=O)Nc2ccc(OC)cc2)N(CCc2ccc(Cl)cc2)C1=S. The molecule has 0 spiro atoms. The summed E-state index contributed by atoms with van der Waals surface area (Å²) in [6.07, 6.45) is 0.455. The van der Waals surface area contributed by atoms with Crippen molar-refractivity contribution in [3.8, 4) is 5.75 Å². The van der Waals surface area contributed by atoms with Crippen LogP contribution in [0.4, 0.5) is 5.69 Å². The maximum absolute atomic E-state index is 13.1. The average molecular weight is 490 g/mol. The van der Waals surface area contributed by atoms with Crippen LogP contribution in [0.15, 0.2) is 48.5 Å². The number of amides is 2. The first-order valence-electron chi connectivity index (χ1n) is 10.2. The van der Waals surface area contributed by atoms with Gasteiger partial charge in [-0.05, 0) is 60.6 Å². The highest BCUT2D eigenvalue weighted by molar-refractivity contribution is 7.80. The smallest absolute Gasteiger partial charge is 0.325 e. The molecule has 2 amide bonds. The van der Waals surface area contributed by atoms with Crippen LogP contribution in [-0.2, 0) is 25.5 Å². The first kappa shape index (κ1) is 24.5. The highest BCUT2D eigenvalue weighted by atomic mass is 35.5. The number of hydrogen-bond acceptors (Lipinski definition) is 6. The summed E-state index contributed by atoms with van der Waals surface area (Å²) >= 11 is 11.4. The molecule has 0 aliphatic carbocycles. The van der Waals surface area contributed by atoms with Crippen molar-refractivity contribution in [1.82, 2.24) is 9.80 Å². The Morgan fingerprint density at radius 2 is 1.76 bits per heavy atom. The molecule has 2 aromatic carbocycles. The van der Waals surface area contributed by atoms with E-state index in [1.165, 1.54) is 12.0 Å². The number of benzene rings is 2. The van der Waals surface area contributed by atoms with Crippen molar-refractivity contribution in [2.45, 2.75) is 18.9 Å². The van der Waals surface area contributed by atoms with Crippen LogP contribution in [0.1, 0.15) is 12.0 Å². The molecule has 3 rings (SSSR count). The summed E-state index contributed by atoms with van der Waals surface area (Å²) in [7, 11) is 2.80. The van der Waals surface area contributed by atoms with Crippen molar-refractivity contribution in [1.29, 1.82) is 0 Å². The van der Waals surface area contributed by atoms with E-state index in [2.05, 4.69) is 10.1 Å². The van der Waals surface area contributed by atoms with Crippen molar-refractivity contribution in [2.24, 2.45) is 0 Å². The number of halogens is 1. The Labute approximate surface area is 202 Å². The predicted molar refractivity (Wildman–Crippen MR) is 128 cm³/mol. The molecule has 2 aromatic rings. The molecule has 0 aromatic heterocycles. The van der Waals surface area contributed by atoms with E-state index in [9.17, 15) is 14.4 Å². The Morgan fingerprint density at radius 3 is 2.36 bits per heavy atom. The Balaban J connectivity index is 1.73. The Morgan fingerprint density at radius 1 is 1.09 bits per heavy atom. The van der Waals surface area contributed by atoms with E-state index in [1.54, 1.807) is 48.4 Å². The fourth-order valence-electron chi connectivity index (χ4n) is 3.45. The molecule has 0 bridgehead atoms. The van der Waals surface area contributed by atoms with E-state index in [-0.39, 0.29) is 24.0 Å². The summed E-state index contributed by atoms with van der Waals surface area (Å²) in [6, 6.07) is 13.4. The highest BCUT2D eigenvalue weighted by Gasteiger charge is 2.43. The lowest BCUT2D eigenvalue weighted by Gasteiger charge is -2.24. The number of nitrogens with zero attached hydrogens (tertiary/aromatic N) is 2. The van der Waals surface area contributed by atoms with Crippen LogP contribution in [0.5, 0.6) is 5.75 Å². The Bertz CT molecular complexity index is 1030. The van der Waals surface area contributed by atoms with Gasteiger partial charge in [0.15, 0.2) is 5.11 Å². The first-order chi connectivity index (χ1) is 15.8. The third kappa shape index (κ3) is 6.21. The molecule has 10 heteroatoms. The average Bonchev–Trinajstić information content (AvgIpc) is 3.02. The number of ether oxygens (including phenoxy) is 2. The predicted octanol–water partition coefficient (Wildman–Crippen LogP) is 2.89. The molecular formula is C23H24ClN3O5S. The van der Waals surface area contributed by atoms with E-state index in [0.717, 1.165) is 5.56 Å². The van der Waals surface area contributed by atoms with Gasteiger partial charge in [-0.3, -0.25) is 19.3 Å². The molecule has 174 valence electrons. The van der Waals surface area contributed by atoms with E-state index >= 15 is 0 Å². The molecule has 33 heavy (non-hydrogen) atoms. The number of nitrogens with one attached hydrogen (secondary N) is 1. The van der Waals surface area contributed by atoms with Gasteiger partial charge in [-0.1, -0.05) is 23.7 Å². The van der Waals surface area contributed by atoms with Crippen molar-refractivity contribution in [3.63, 3.8) is 0 Å². The zero-order valence-corrected chi connectivity index (χ0v) is 19.8. The number of rotatable bonds is 9. The van der Waals surface area contributed by atoms with Crippen LogP contribution in [-0.4, -0.2) is 66.0 Å². The van der Waals surface area contributed by atoms with Crippen molar-refractivity contribution < 1.29 is 23.9 Å². The number of thiocarbonyl (C=S) groups is 1. The van der Waals surface area contributed by atoms with Crippen molar-refractivity contribution >= 4 is 52.4 Å². The van der Waals surface area contributed by atoms with Gasteiger partial charge in [0.1, 0.15) is 18.3 Å². The minimum Gasteiger partial charge on any atom is -0.497 e. The quantitative estimate of drug-likeness (QED) is 0.428. The van der Waals surface area contributed by atoms with Crippen LogP contribution in [0.3, 0.4) is 0 Å². The first-order valence-corrected chi connectivity index (χ1v) is 11.0. The van der Waals surface area contributed by atoms with Crippen molar-refractivity contribution in [2.75, 3.05) is 32.6 Å². The van der Waals surface area contributed by atoms with E-state index < -0.39 is 17.9 Å². The number of hydrogen-bond donors (Lipinski definition) is 1. The zero-order valence-electron chi connectivity index (χ0n) is 18.2. The van der Waals surface area contributed by atoms with Gasteiger partial charge in [0, 0.05) is 17.3 Å². The monoisotopic (exact) mass is 489 g/mol.